The Morgan fingerprint density at radius 2 is 2.11 bits per heavy atom. The lowest BCUT2D eigenvalue weighted by molar-refractivity contribution is 0.420. The molecule has 0 saturated heterocycles. The van der Waals surface area contributed by atoms with Crippen molar-refractivity contribution in [1.82, 2.24) is 4.98 Å². The lowest BCUT2D eigenvalue weighted by Crippen LogP contribution is -2.15. The first-order chi connectivity index (χ1) is 9.26. The van der Waals surface area contributed by atoms with Gasteiger partial charge in [0.15, 0.2) is 0 Å². The van der Waals surface area contributed by atoms with Gasteiger partial charge in [-0.2, -0.15) is 0 Å². The van der Waals surface area contributed by atoms with Crippen molar-refractivity contribution in [2.75, 3.05) is 12.5 Å². The minimum Gasteiger partial charge on any atom is -0.496 e. The molecule has 1 aromatic carbocycles. The molecule has 0 saturated carbocycles. The van der Waals surface area contributed by atoms with Crippen molar-refractivity contribution >= 4 is 28.2 Å². The van der Waals surface area contributed by atoms with Crippen LogP contribution in [0.1, 0.15) is 24.1 Å². The standard InChI is InChI=1S/C14H16ClN3O/c1-19-11-7-6-9(15)14-12(11)13(18-16)8-4-2-3-5-10(8)17-14/h6-7H,2-5,16H2,1H3,(H,17,18). The van der Waals surface area contributed by atoms with Gasteiger partial charge in [0.2, 0.25) is 0 Å². The van der Waals surface area contributed by atoms with E-state index in [2.05, 4.69) is 5.43 Å². The fourth-order valence-electron chi connectivity index (χ4n) is 2.80. The van der Waals surface area contributed by atoms with Crippen LogP contribution in [0, 0.1) is 0 Å². The molecule has 0 atom stereocenters. The van der Waals surface area contributed by atoms with Gasteiger partial charge in [-0.05, 0) is 43.4 Å². The lowest BCUT2D eigenvalue weighted by atomic mass is 9.92. The summed E-state index contributed by atoms with van der Waals surface area (Å²) in [6, 6.07) is 3.66. The summed E-state index contributed by atoms with van der Waals surface area (Å²) >= 11 is 6.27. The van der Waals surface area contributed by atoms with Gasteiger partial charge in [0.05, 0.1) is 28.7 Å². The van der Waals surface area contributed by atoms with Crippen molar-refractivity contribution in [3.8, 4) is 5.75 Å². The van der Waals surface area contributed by atoms with E-state index >= 15 is 0 Å². The number of hydrogen-bond donors (Lipinski definition) is 2. The van der Waals surface area contributed by atoms with Gasteiger partial charge in [0.1, 0.15) is 5.75 Å². The van der Waals surface area contributed by atoms with E-state index in [-0.39, 0.29) is 0 Å². The number of hydrogen-bond acceptors (Lipinski definition) is 4. The van der Waals surface area contributed by atoms with Crippen LogP contribution < -0.4 is 16.0 Å². The second-order valence-electron chi connectivity index (χ2n) is 4.74. The molecule has 3 rings (SSSR count). The van der Waals surface area contributed by atoms with Crippen LogP contribution in [0.25, 0.3) is 10.9 Å². The van der Waals surface area contributed by atoms with Crippen molar-refractivity contribution in [1.29, 1.82) is 0 Å². The maximum atomic E-state index is 6.27. The van der Waals surface area contributed by atoms with E-state index in [1.165, 1.54) is 5.56 Å². The third kappa shape index (κ3) is 1.91. The molecule has 1 aromatic heterocycles. The summed E-state index contributed by atoms with van der Waals surface area (Å²) in [7, 11) is 1.64. The van der Waals surface area contributed by atoms with Crippen LogP contribution in [-0.4, -0.2) is 12.1 Å². The van der Waals surface area contributed by atoms with Crippen molar-refractivity contribution in [3.05, 3.63) is 28.4 Å². The molecule has 3 N–H and O–H groups in total. The Morgan fingerprint density at radius 1 is 1.32 bits per heavy atom. The number of fused-ring (bicyclic) bond motifs is 2. The topological polar surface area (TPSA) is 60.2 Å². The smallest absolute Gasteiger partial charge is 0.130 e. The highest BCUT2D eigenvalue weighted by atomic mass is 35.5. The number of anilines is 1. The molecule has 2 aromatic rings. The summed E-state index contributed by atoms with van der Waals surface area (Å²) in [6.45, 7) is 0. The van der Waals surface area contributed by atoms with Crippen LogP contribution in [0.4, 0.5) is 5.69 Å². The minimum absolute atomic E-state index is 0.626. The molecule has 5 heteroatoms. The number of benzene rings is 1. The zero-order chi connectivity index (χ0) is 13.4. The number of pyridine rings is 1. The number of hydrazine groups is 1. The van der Waals surface area contributed by atoms with Gasteiger partial charge in [-0.15, -0.1) is 0 Å². The number of methoxy groups -OCH3 is 1. The number of nitrogen functional groups attached to an aromatic ring is 1. The Morgan fingerprint density at radius 3 is 2.84 bits per heavy atom. The van der Waals surface area contributed by atoms with E-state index in [0.717, 1.165) is 53.7 Å². The normalized spacial score (nSPS) is 14.3. The van der Waals surface area contributed by atoms with Gasteiger partial charge >= 0.3 is 0 Å². The molecule has 19 heavy (non-hydrogen) atoms. The molecule has 0 fully saturated rings. The molecule has 100 valence electrons. The zero-order valence-electron chi connectivity index (χ0n) is 10.8. The van der Waals surface area contributed by atoms with Crippen LogP contribution in [-0.2, 0) is 12.8 Å². The van der Waals surface area contributed by atoms with Crippen molar-refractivity contribution < 1.29 is 4.74 Å². The Labute approximate surface area is 116 Å². The van der Waals surface area contributed by atoms with E-state index in [1.54, 1.807) is 7.11 Å². The van der Waals surface area contributed by atoms with E-state index in [0.29, 0.717) is 5.02 Å². The molecular weight excluding hydrogens is 262 g/mol. The highest BCUT2D eigenvalue weighted by Crippen LogP contribution is 2.40. The summed E-state index contributed by atoms with van der Waals surface area (Å²) in [5.41, 5.74) is 6.78. The third-order valence-corrected chi connectivity index (χ3v) is 4.00. The first-order valence-corrected chi connectivity index (χ1v) is 6.78. The van der Waals surface area contributed by atoms with E-state index < -0.39 is 0 Å². The maximum absolute atomic E-state index is 6.27. The number of halogens is 1. The Bertz CT molecular complexity index is 642. The number of rotatable bonds is 2. The van der Waals surface area contributed by atoms with Crippen molar-refractivity contribution in [2.45, 2.75) is 25.7 Å². The Balaban J connectivity index is 2.42. The zero-order valence-corrected chi connectivity index (χ0v) is 11.5. The van der Waals surface area contributed by atoms with Crippen LogP contribution in [0.5, 0.6) is 5.75 Å². The van der Waals surface area contributed by atoms with Gasteiger partial charge < -0.3 is 10.2 Å². The molecular formula is C14H16ClN3O. The van der Waals surface area contributed by atoms with E-state index in [9.17, 15) is 0 Å². The summed E-state index contributed by atoms with van der Waals surface area (Å²) in [5, 5.41) is 1.50. The maximum Gasteiger partial charge on any atom is 0.130 e. The molecule has 1 aliphatic carbocycles. The number of nitrogens with one attached hydrogen (secondary N) is 1. The average molecular weight is 278 g/mol. The minimum atomic E-state index is 0.626. The molecule has 0 bridgehead atoms. The summed E-state index contributed by atoms with van der Waals surface area (Å²) < 4.78 is 5.42. The van der Waals surface area contributed by atoms with Gasteiger partial charge in [-0.25, -0.2) is 0 Å². The van der Waals surface area contributed by atoms with Crippen LogP contribution >= 0.6 is 11.6 Å². The quantitative estimate of drug-likeness (QED) is 0.654. The summed E-state index contributed by atoms with van der Waals surface area (Å²) in [6.07, 6.45) is 4.30. The van der Waals surface area contributed by atoms with Gasteiger partial charge in [0, 0.05) is 5.69 Å². The van der Waals surface area contributed by atoms with Crippen LogP contribution in [0.15, 0.2) is 12.1 Å². The number of ether oxygens (including phenoxy) is 1. The molecule has 0 amide bonds. The first kappa shape index (κ1) is 12.5. The van der Waals surface area contributed by atoms with Gasteiger partial charge in [-0.1, -0.05) is 11.6 Å². The predicted molar refractivity (Wildman–Crippen MR) is 77.8 cm³/mol. The summed E-state index contributed by atoms with van der Waals surface area (Å²) in [5.74, 6) is 6.48. The van der Waals surface area contributed by atoms with Gasteiger partial charge in [-0.3, -0.25) is 10.8 Å². The van der Waals surface area contributed by atoms with Crippen molar-refractivity contribution in [2.24, 2.45) is 5.84 Å². The Kier molecular flexibility index (Phi) is 3.21. The average Bonchev–Trinajstić information content (AvgIpc) is 2.46. The number of nitrogens with two attached hydrogens (primary N) is 1. The van der Waals surface area contributed by atoms with Crippen molar-refractivity contribution in [3.63, 3.8) is 0 Å². The molecule has 0 unspecified atom stereocenters. The largest absolute Gasteiger partial charge is 0.496 e. The fraction of sp³-hybridized carbons (Fsp3) is 0.357. The second-order valence-corrected chi connectivity index (χ2v) is 5.14. The molecule has 1 heterocycles. The van der Waals surface area contributed by atoms with E-state index in [4.69, 9.17) is 27.2 Å². The molecule has 0 spiro atoms. The second kappa shape index (κ2) is 4.87. The predicted octanol–water partition coefficient (Wildman–Crippen LogP) is 3.06. The van der Waals surface area contributed by atoms with E-state index in [1.807, 2.05) is 12.1 Å². The number of nitrogens with zero attached hydrogens (tertiary/aromatic N) is 1. The highest BCUT2D eigenvalue weighted by Gasteiger charge is 2.21. The monoisotopic (exact) mass is 277 g/mol. The SMILES string of the molecule is COc1ccc(Cl)c2nc3c(c(NN)c12)CCCC3. The first-order valence-electron chi connectivity index (χ1n) is 6.41. The summed E-state index contributed by atoms with van der Waals surface area (Å²) in [4.78, 5) is 4.72. The highest BCUT2D eigenvalue weighted by molar-refractivity contribution is 6.35. The fourth-order valence-corrected chi connectivity index (χ4v) is 3.00. The molecule has 0 radical (unpaired) electrons. The van der Waals surface area contributed by atoms with Crippen LogP contribution in [0.3, 0.4) is 0 Å². The molecule has 0 aliphatic heterocycles. The third-order valence-electron chi connectivity index (χ3n) is 3.69. The van der Waals surface area contributed by atoms with Crippen LogP contribution in [0.2, 0.25) is 5.02 Å². The number of aryl methyl sites for hydroxylation is 1. The number of aromatic nitrogens is 1. The van der Waals surface area contributed by atoms with Gasteiger partial charge in [0.25, 0.3) is 0 Å². The molecule has 1 aliphatic rings. The molecule has 4 nitrogen and oxygen atoms in total. The lowest BCUT2D eigenvalue weighted by Gasteiger charge is -2.21. The Hall–Kier alpha value is -1.52.